The minimum absolute atomic E-state index is 0.0140. The molecule has 0 aromatic rings. The van der Waals surface area contributed by atoms with Gasteiger partial charge in [0.05, 0.1) is 12.5 Å². The first-order valence-electron chi connectivity index (χ1n) is 9.56. The first kappa shape index (κ1) is 19.8. The molecule has 3 atom stereocenters. The lowest BCUT2D eigenvalue weighted by molar-refractivity contribution is -0.146. The molecule has 0 amide bonds. The highest BCUT2D eigenvalue weighted by Crippen LogP contribution is 2.39. The molecule has 3 unspecified atom stereocenters. The Kier molecular flexibility index (Phi) is 8.65. The summed E-state index contributed by atoms with van der Waals surface area (Å²) in [5.41, 5.74) is 6.59. The van der Waals surface area contributed by atoms with E-state index in [4.69, 9.17) is 10.3 Å². The Morgan fingerprint density at radius 1 is 1.08 bits per heavy atom. The van der Waals surface area contributed by atoms with E-state index in [-0.39, 0.29) is 18.6 Å². The van der Waals surface area contributed by atoms with Crippen molar-refractivity contribution >= 4 is 14.7 Å². The van der Waals surface area contributed by atoms with E-state index in [2.05, 4.69) is 0 Å². The first-order valence-corrected chi connectivity index (χ1v) is 10.3. The molecule has 0 saturated heterocycles. The Morgan fingerprint density at radius 2 is 1.67 bits per heavy atom. The summed E-state index contributed by atoms with van der Waals surface area (Å²) >= 11 is 0. The average Bonchev–Trinajstić information content (AvgIpc) is 2.59. The van der Waals surface area contributed by atoms with Gasteiger partial charge in [-0.05, 0) is 24.2 Å². The van der Waals surface area contributed by atoms with Crippen molar-refractivity contribution in [1.29, 1.82) is 0 Å². The van der Waals surface area contributed by atoms with Gasteiger partial charge in [-0.15, -0.1) is 0 Å². The molecule has 2 fully saturated rings. The molecule has 0 aromatic heterocycles. The minimum Gasteiger partial charge on any atom is -0.481 e. The highest BCUT2D eigenvalue weighted by molar-refractivity contribution is 7.17. The van der Waals surface area contributed by atoms with Crippen molar-refractivity contribution in [3.05, 3.63) is 0 Å². The maximum atomic E-state index is 11.8. The Hall–Kier alpha value is -0.510. The number of aliphatic carboxylic acids is 1. The molecule has 2 aliphatic carbocycles. The van der Waals surface area contributed by atoms with Crippen LogP contribution in [0.3, 0.4) is 0 Å². The SMILES string of the molecule is NC(CC1CCCCC1)C(C1CCCCC1)C(COP=O)C(=O)O. The van der Waals surface area contributed by atoms with E-state index in [1.807, 2.05) is 0 Å². The van der Waals surface area contributed by atoms with Gasteiger partial charge in [-0.3, -0.25) is 9.32 Å². The maximum absolute atomic E-state index is 11.8. The Bertz CT molecular complexity index is 394. The smallest absolute Gasteiger partial charge is 0.327 e. The van der Waals surface area contributed by atoms with Crippen molar-refractivity contribution in [2.24, 2.45) is 29.4 Å². The lowest BCUT2D eigenvalue weighted by Gasteiger charge is -2.39. The molecular formula is C18H32NO4P. The van der Waals surface area contributed by atoms with E-state index in [1.54, 1.807) is 0 Å². The molecule has 6 heteroatoms. The fourth-order valence-corrected chi connectivity index (χ4v) is 5.14. The summed E-state index contributed by atoms with van der Waals surface area (Å²) in [7, 11) is -0.453. The van der Waals surface area contributed by atoms with Gasteiger partial charge in [0.2, 0.25) is 0 Å². The van der Waals surface area contributed by atoms with Crippen LogP contribution in [0.2, 0.25) is 0 Å². The van der Waals surface area contributed by atoms with Crippen molar-refractivity contribution in [3.8, 4) is 0 Å². The molecule has 0 aromatic carbocycles. The van der Waals surface area contributed by atoms with Gasteiger partial charge >= 0.3 is 14.7 Å². The number of nitrogens with two attached hydrogens (primary N) is 1. The Balaban J connectivity index is 2.09. The Labute approximate surface area is 147 Å². The van der Waals surface area contributed by atoms with Crippen LogP contribution in [-0.2, 0) is 13.9 Å². The van der Waals surface area contributed by atoms with Crippen LogP contribution in [-0.4, -0.2) is 23.7 Å². The van der Waals surface area contributed by atoms with Crippen molar-refractivity contribution < 1.29 is 19.0 Å². The van der Waals surface area contributed by atoms with Gasteiger partial charge in [0.25, 0.3) is 0 Å². The van der Waals surface area contributed by atoms with Gasteiger partial charge in [-0.1, -0.05) is 64.2 Å². The maximum Gasteiger partial charge on any atom is 0.327 e. The number of carbonyl (C=O) groups is 1. The summed E-state index contributed by atoms with van der Waals surface area (Å²) in [6, 6.07) is -0.107. The van der Waals surface area contributed by atoms with Crippen LogP contribution in [0.1, 0.15) is 70.6 Å². The summed E-state index contributed by atoms with van der Waals surface area (Å²) in [6.45, 7) is -0.0140. The molecular weight excluding hydrogens is 325 g/mol. The van der Waals surface area contributed by atoms with Crippen LogP contribution >= 0.6 is 8.69 Å². The standard InChI is InChI=1S/C18H32NO4P/c19-16(11-13-7-3-1-4-8-13)17(14-9-5-2-6-10-14)15(18(20)21)12-23-24-22/h13-17H,1-12,19H2,(H,20,21). The highest BCUT2D eigenvalue weighted by Gasteiger charge is 2.39. The molecule has 0 radical (unpaired) electrons. The fourth-order valence-electron chi connectivity index (χ4n) is 4.92. The molecule has 0 spiro atoms. The number of hydrogen-bond acceptors (Lipinski definition) is 4. The third-order valence-electron chi connectivity index (χ3n) is 6.11. The summed E-state index contributed by atoms with van der Waals surface area (Å²) in [4.78, 5) is 11.8. The third-order valence-corrected chi connectivity index (χ3v) is 6.36. The second-order valence-corrected chi connectivity index (χ2v) is 8.10. The van der Waals surface area contributed by atoms with Crippen LogP contribution < -0.4 is 5.73 Å². The second kappa shape index (κ2) is 10.5. The topological polar surface area (TPSA) is 89.6 Å². The molecule has 0 heterocycles. The highest BCUT2D eigenvalue weighted by atomic mass is 31.1. The van der Waals surface area contributed by atoms with E-state index in [1.165, 1.54) is 38.5 Å². The molecule has 24 heavy (non-hydrogen) atoms. The van der Waals surface area contributed by atoms with Crippen LogP contribution in [0.4, 0.5) is 0 Å². The van der Waals surface area contributed by atoms with E-state index in [9.17, 15) is 14.5 Å². The normalized spacial score (nSPS) is 24.5. The van der Waals surface area contributed by atoms with Crippen LogP contribution in [0.15, 0.2) is 0 Å². The summed E-state index contributed by atoms with van der Waals surface area (Å²) < 4.78 is 15.6. The zero-order valence-corrected chi connectivity index (χ0v) is 15.5. The molecule has 0 bridgehead atoms. The molecule has 0 aliphatic heterocycles. The number of carboxylic acid groups (broad SMARTS) is 1. The van der Waals surface area contributed by atoms with Crippen LogP contribution in [0, 0.1) is 23.7 Å². The predicted molar refractivity (Wildman–Crippen MR) is 93.9 cm³/mol. The van der Waals surface area contributed by atoms with Crippen molar-refractivity contribution in [1.82, 2.24) is 0 Å². The van der Waals surface area contributed by atoms with Gasteiger partial charge in [-0.25, -0.2) is 4.57 Å². The van der Waals surface area contributed by atoms with Gasteiger partial charge in [-0.2, -0.15) is 0 Å². The summed E-state index contributed by atoms with van der Waals surface area (Å²) in [5, 5.41) is 9.72. The second-order valence-electron chi connectivity index (χ2n) is 7.69. The number of hydrogen-bond donors (Lipinski definition) is 2. The van der Waals surface area contributed by atoms with Crippen molar-refractivity contribution in [3.63, 3.8) is 0 Å². The van der Waals surface area contributed by atoms with Crippen molar-refractivity contribution in [2.45, 2.75) is 76.7 Å². The Morgan fingerprint density at radius 3 is 2.21 bits per heavy atom. The molecule has 3 N–H and O–H groups in total. The molecule has 2 aliphatic rings. The van der Waals surface area contributed by atoms with Crippen LogP contribution in [0.25, 0.3) is 0 Å². The molecule has 2 rings (SSSR count). The molecule has 138 valence electrons. The van der Waals surface area contributed by atoms with Crippen molar-refractivity contribution in [2.75, 3.05) is 6.61 Å². The zero-order valence-electron chi connectivity index (χ0n) is 14.6. The van der Waals surface area contributed by atoms with E-state index >= 15 is 0 Å². The lowest BCUT2D eigenvalue weighted by Crippen LogP contribution is -2.45. The quantitative estimate of drug-likeness (QED) is 0.597. The van der Waals surface area contributed by atoms with Gasteiger partial charge < -0.3 is 10.8 Å². The first-order chi connectivity index (χ1) is 11.6. The average molecular weight is 357 g/mol. The largest absolute Gasteiger partial charge is 0.481 e. The summed E-state index contributed by atoms with van der Waals surface area (Å²) in [6.07, 6.45) is 12.9. The molecule has 2 saturated carbocycles. The monoisotopic (exact) mass is 357 g/mol. The zero-order chi connectivity index (χ0) is 17.4. The van der Waals surface area contributed by atoms with E-state index < -0.39 is 20.6 Å². The summed E-state index contributed by atoms with van der Waals surface area (Å²) in [5.74, 6) is -0.619. The van der Waals surface area contributed by atoms with E-state index in [0.29, 0.717) is 11.8 Å². The third kappa shape index (κ3) is 5.79. The fraction of sp³-hybridized carbons (Fsp3) is 0.944. The predicted octanol–water partition coefficient (Wildman–Crippen LogP) is 4.40. The van der Waals surface area contributed by atoms with Gasteiger partial charge in [0, 0.05) is 6.04 Å². The van der Waals surface area contributed by atoms with Crippen LogP contribution in [0.5, 0.6) is 0 Å². The lowest BCUT2D eigenvalue weighted by atomic mass is 9.68. The molecule has 5 nitrogen and oxygen atoms in total. The van der Waals surface area contributed by atoms with Gasteiger partial charge in [0.15, 0.2) is 0 Å². The van der Waals surface area contributed by atoms with Gasteiger partial charge in [0.1, 0.15) is 0 Å². The number of carboxylic acids is 1. The minimum atomic E-state index is -0.867. The number of rotatable bonds is 9. The van der Waals surface area contributed by atoms with E-state index in [0.717, 1.165) is 32.1 Å².